The van der Waals surface area contributed by atoms with Gasteiger partial charge < -0.3 is 24.3 Å². The predicted octanol–water partition coefficient (Wildman–Crippen LogP) is 3.15. The van der Waals surface area contributed by atoms with Crippen LogP contribution >= 0.6 is 0 Å². The second kappa shape index (κ2) is 9.28. The second-order valence-corrected chi connectivity index (χ2v) is 5.35. The van der Waals surface area contributed by atoms with Crippen molar-refractivity contribution in [3.05, 3.63) is 53.6 Å². The van der Waals surface area contributed by atoms with Crippen LogP contribution in [0.2, 0.25) is 0 Å². The smallest absolute Gasteiger partial charge is 0.337 e. The minimum absolute atomic E-state index is 0.324. The fraction of sp³-hybridized carbons (Fsp3) is 0.200. The van der Waals surface area contributed by atoms with E-state index in [2.05, 4.69) is 10.1 Å². The van der Waals surface area contributed by atoms with Crippen LogP contribution in [0, 0.1) is 0 Å². The summed E-state index contributed by atoms with van der Waals surface area (Å²) < 4.78 is 20.5. The topological polar surface area (TPSA) is 83.1 Å². The average molecular weight is 371 g/mol. The monoisotopic (exact) mass is 371 g/mol. The van der Waals surface area contributed by atoms with E-state index in [0.29, 0.717) is 34.1 Å². The molecule has 1 amide bonds. The summed E-state index contributed by atoms with van der Waals surface area (Å²) in [6.45, 7) is 0. The Morgan fingerprint density at radius 3 is 1.96 bits per heavy atom. The van der Waals surface area contributed by atoms with E-state index in [9.17, 15) is 9.59 Å². The number of hydrogen-bond acceptors (Lipinski definition) is 6. The van der Waals surface area contributed by atoms with Crippen molar-refractivity contribution in [1.82, 2.24) is 0 Å². The molecular weight excluding hydrogens is 350 g/mol. The molecule has 0 spiro atoms. The Morgan fingerprint density at radius 1 is 0.889 bits per heavy atom. The molecule has 0 heterocycles. The minimum Gasteiger partial charge on any atom is -0.493 e. The van der Waals surface area contributed by atoms with Gasteiger partial charge in [0.25, 0.3) is 0 Å². The quantitative estimate of drug-likeness (QED) is 0.595. The number of esters is 1. The fourth-order valence-corrected chi connectivity index (χ4v) is 2.36. The SMILES string of the molecule is COC(=O)c1ccc(NC(=O)/C=C/c2cc(OC)c(OC)c(OC)c2)cc1. The van der Waals surface area contributed by atoms with Gasteiger partial charge in [0, 0.05) is 11.8 Å². The number of amides is 1. The van der Waals surface area contributed by atoms with Crippen molar-refractivity contribution in [2.24, 2.45) is 0 Å². The minimum atomic E-state index is -0.435. The largest absolute Gasteiger partial charge is 0.493 e. The van der Waals surface area contributed by atoms with Gasteiger partial charge in [-0.05, 0) is 48.0 Å². The molecule has 0 radical (unpaired) electrons. The number of carbonyl (C=O) groups excluding carboxylic acids is 2. The zero-order valence-corrected chi connectivity index (χ0v) is 15.6. The second-order valence-electron chi connectivity index (χ2n) is 5.35. The molecule has 0 aromatic heterocycles. The lowest BCUT2D eigenvalue weighted by atomic mass is 10.1. The molecule has 0 atom stereocenters. The first kappa shape index (κ1) is 19.8. The van der Waals surface area contributed by atoms with Gasteiger partial charge in [0.1, 0.15) is 0 Å². The van der Waals surface area contributed by atoms with Gasteiger partial charge in [-0.2, -0.15) is 0 Å². The first-order chi connectivity index (χ1) is 13.0. The number of hydrogen-bond donors (Lipinski definition) is 1. The molecule has 142 valence electrons. The highest BCUT2D eigenvalue weighted by Crippen LogP contribution is 2.38. The number of carbonyl (C=O) groups is 2. The van der Waals surface area contributed by atoms with E-state index < -0.39 is 5.97 Å². The summed E-state index contributed by atoms with van der Waals surface area (Å²) in [5.41, 5.74) is 1.67. The summed E-state index contributed by atoms with van der Waals surface area (Å²) in [4.78, 5) is 23.5. The van der Waals surface area contributed by atoms with Crippen LogP contribution in [0.25, 0.3) is 6.08 Å². The highest BCUT2D eigenvalue weighted by atomic mass is 16.5. The zero-order chi connectivity index (χ0) is 19.8. The molecule has 0 aliphatic rings. The van der Waals surface area contributed by atoms with Crippen LogP contribution in [0.5, 0.6) is 17.2 Å². The van der Waals surface area contributed by atoms with Crippen molar-refractivity contribution in [2.75, 3.05) is 33.8 Å². The molecular formula is C20H21NO6. The van der Waals surface area contributed by atoms with Crippen molar-refractivity contribution >= 4 is 23.6 Å². The van der Waals surface area contributed by atoms with Crippen molar-refractivity contribution < 1.29 is 28.5 Å². The molecule has 7 nitrogen and oxygen atoms in total. The molecule has 0 fully saturated rings. The van der Waals surface area contributed by atoms with E-state index in [-0.39, 0.29) is 5.91 Å². The number of ether oxygens (including phenoxy) is 4. The molecule has 2 rings (SSSR count). The lowest BCUT2D eigenvalue weighted by molar-refractivity contribution is -0.111. The summed E-state index contributed by atoms with van der Waals surface area (Å²) in [6, 6.07) is 9.86. The Kier molecular flexibility index (Phi) is 6.82. The summed E-state index contributed by atoms with van der Waals surface area (Å²) >= 11 is 0. The van der Waals surface area contributed by atoms with Gasteiger partial charge in [-0.1, -0.05) is 0 Å². The lowest BCUT2D eigenvalue weighted by Gasteiger charge is -2.12. The van der Waals surface area contributed by atoms with Crippen LogP contribution in [0.4, 0.5) is 5.69 Å². The molecule has 2 aromatic rings. The third kappa shape index (κ3) is 5.01. The Hall–Kier alpha value is -3.48. The van der Waals surface area contributed by atoms with E-state index in [0.717, 1.165) is 0 Å². The number of anilines is 1. The standard InChI is InChI=1S/C20H21NO6/c1-24-16-11-13(12-17(25-2)19(16)26-3)5-10-18(22)21-15-8-6-14(7-9-15)20(23)27-4/h5-12H,1-4H3,(H,21,22)/b10-5+. The normalized spacial score (nSPS) is 10.4. The maximum atomic E-state index is 12.1. The van der Waals surface area contributed by atoms with E-state index in [1.54, 1.807) is 42.5 Å². The van der Waals surface area contributed by atoms with Gasteiger partial charge >= 0.3 is 5.97 Å². The summed E-state index contributed by atoms with van der Waals surface area (Å²) in [5.74, 6) is 0.711. The maximum absolute atomic E-state index is 12.1. The van der Waals surface area contributed by atoms with Crippen LogP contribution in [0.15, 0.2) is 42.5 Å². The Labute approximate surface area is 157 Å². The van der Waals surface area contributed by atoms with Crippen molar-refractivity contribution in [2.45, 2.75) is 0 Å². The third-order valence-electron chi connectivity index (χ3n) is 3.69. The number of nitrogens with one attached hydrogen (secondary N) is 1. The Morgan fingerprint density at radius 2 is 1.48 bits per heavy atom. The first-order valence-corrected chi connectivity index (χ1v) is 7.99. The molecule has 7 heteroatoms. The first-order valence-electron chi connectivity index (χ1n) is 7.99. The van der Waals surface area contributed by atoms with Crippen LogP contribution in [-0.4, -0.2) is 40.3 Å². The molecule has 27 heavy (non-hydrogen) atoms. The summed E-state index contributed by atoms with van der Waals surface area (Å²) in [5, 5.41) is 2.71. The van der Waals surface area contributed by atoms with Gasteiger partial charge in [0.2, 0.25) is 11.7 Å². The Balaban J connectivity index is 2.11. The summed E-state index contributed by atoms with van der Waals surface area (Å²) in [7, 11) is 5.88. The molecule has 0 bridgehead atoms. The zero-order valence-electron chi connectivity index (χ0n) is 15.6. The third-order valence-corrected chi connectivity index (χ3v) is 3.69. The van der Waals surface area contributed by atoms with Gasteiger partial charge in [-0.15, -0.1) is 0 Å². The van der Waals surface area contributed by atoms with Crippen LogP contribution in [-0.2, 0) is 9.53 Å². The van der Waals surface area contributed by atoms with Crippen LogP contribution in [0.3, 0.4) is 0 Å². The van der Waals surface area contributed by atoms with E-state index in [4.69, 9.17) is 14.2 Å². The van der Waals surface area contributed by atoms with Gasteiger partial charge in [0.15, 0.2) is 11.5 Å². The van der Waals surface area contributed by atoms with E-state index in [1.807, 2.05) is 0 Å². The lowest BCUT2D eigenvalue weighted by Crippen LogP contribution is -2.08. The maximum Gasteiger partial charge on any atom is 0.337 e. The molecule has 0 saturated carbocycles. The van der Waals surface area contributed by atoms with Gasteiger partial charge in [-0.25, -0.2) is 4.79 Å². The molecule has 0 aliphatic carbocycles. The van der Waals surface area contributed by atoms with Crippen molar-refractivity contribution in [3.63, 3.8) is 0 Å². The van der Waals surface area contributed by atoms with E-state index in [1.165, 1.54) is 34.5 Å². The highest BCUT2D eigenvalue weighted by molar-refractivity contribution is 6.02. The number of rotatable bonds is 7. The fourth-order valence-electron chi connectivity index (χ4n) is 2.36. The highest BCUT2D eigenvalue weighted by Gasteiger charge is 2.12. The van der Waals surface area contributed by atoms with Crippen LogP contribution in [0.1, 0.15) is 15.9 Å². The Bertz CT molecular complexity index is 817. The van der Waals surface area contributed by atoms with E-state index >= 15 is 0 Å². The van der Waals surface area contributed by atoms with Crippen molar-refractivity contribution in [1.29, 1.82) is 0 Å². The summed E-state index contributed by atoms with van der Waals surface area (Å²) in [6.07, 6.45) is 3.01. The van der Waals surface area contributed by atoms with Crippen molar-refractivity contribution in [3.8, 4) is 17.2 Å². The molecule has 0 unspecified atom stereocenters. The van der Waals surface area contributed by atoms with Crippen LogP contribution < -0.4 is 19.5 Å². The predicted molar refractivity (Wildman–Crippen MR) is 102 cm³/mol. The number of benzene rings is 2. The molecule has 0 saturated heterocycles. The molecule has 1 N–H and O–H groups in total. The van der Waals surface area contributed by atoms with Gasteiger partial charge in [-0.3, -0.25) is 4.79 Å². The molecule has 2 aromatic carbocycles. The average Bonchev–Trinajstić information content (AvgIpc) is 2.71. The molecule has 0 aliphatic heterocycles. The number of methoxy groups -OCH3 is 4. The van der Waals surface area contributed by atoms with Gasteiger partial charge in [0.05, 0.1) is 34.0 Å².